The quantitative estimate of drug-likeness (QED) is 0.0786. The summed E-state index contributed by atoms with van der Waals surface area (Å²) in [6.45, 7) is 0. The second-order valence-corrected chi connectivity index (χ2v) is 24.1. The molecule has 100 heavy (non-hydrogen) atoms. The van der Waals surface area contributed by atoms with E-state index in [1.54, 1.807) is 24.3 Å². The highest BCUT2D eigenvalue weighted by Gasteiger charge is 2.42. The molecule has 20 nitrogen and oxygen atoms in total. The summed E-state index contributed by atoms with van der Waals surface area (Å²) in [5.74, 6) is 0.816. The van der Waals surface area contributed by atoms with Crippen LogP contribution in [-0.2, 0) is 107 Å². The lowest BCUT2D eigenvalue weighted by atomic mass is 10.0. The Morgan fingerprint density at radius 3 is 0.610 bits per heavy atom. The molecule has 4 aromatic carbocycles. The molecule has 0 aliphatic rings. The highest BCUT2D eigenvalue weighted by Crippen LogP contribution is 2.43. The van der Waals surface area contributed by atoms with E-state index >= 15 is 0 Å². The van der Waals surface area contributed by atoms with Crippen molar-refractivity contribution in [1.29, 1.82) is 0 Å². The predicted molar refractivity (Wildman–Crippen MR) is 357 cm³/mol. The van der Waals surface area contributed by atoms with Gasteiger partial charge in [0.25, 0.3) is 22.2 Å². The van der Waals surface area contributed by atoms with Gasteiger partial charge in [-0.1, -0.05) is 72.8 Å². The lowest BCUT2D eigenvalue weighted by molar-refractivity contribution is -0.136. The van der Waals surface area contributed by atoms with Crippen molar-refractivity contribution < 1.29 is 52.7 Å². The second kappa shape index (κ2) is 28.0. The Balaban J connectivity index is 0.000000156. The average Bonchev–Trinajstić information content (AvgIpc) is 0.750. The number of hydrogen-bond donors (Lipinski definition) is 0. The van der Waals surface area contributed by atoms with Crippen LogP contribution < -0.4 is 45.0 Å². The maximum Gasteiger partial charge on any atom is 0.417 e. The van der Waals surface area contributed by atoms with E-state index < -0.39 is 113 Å². The topological polar surface area (TPSA) is 228 Å². The number of aromatic nitrogens is 12. The summed E-state index contributed by atoms with van der Waals surface area (Å²) >= 11 is 22.9. The van der Waals surface area contributed by atoms with Gasteiger partial charge in [0.15, 0.2) is 22.6 Å². The SMILES string of the molecule is Cn1c(=O)c2c(C(F)(F)F)c3cccc(CCCl)c3nc2n(C)c1=O.Cn1c(=O)c2c(C(F)(F)F)c3cccc(CCCl)c3nc2n(C)c1=O.Cn1c(=O)c2c(C(F)(F)F)c3cccc(CCCl)c3nc2n(C)c1=O.Cn1c(=O)c2c(C(F)(F)F)c3cccc(CCCl)c3nc2n(C)c1=O. The zero-order valence-corrected chi connectivity index (χ0v) is 56.3. The Morgan fingerprint density at radius 1 is 0.290 bits per heavy atom. The highest BCUT2D eigenvalue weighted by molar-refractivity contribution is 6.19. The second-order valence-electron chi connectivity index (χ2n) is 22.6. The molecular weight excluding hydrogens is 1430 g/mol. The lowest BCUT2D eigenvalue weighted by Crippen LogP contribution is -2.38. The van der Waals surface area contributed by atoms with Crippen LogP contribution in [0.4, 0.5) is 52.7 Å². The molecule has 8 heterocycles. The first kappa shape index (κ1) is 74.8. The molecule has 0 N–H and O–H groups in total. The van der Waals surface area contributed by atoms with Crippen molar-refractivity contribution >= 4 is 134 Å². The normalized spacial score (nSPS) is 12.2. The molecule has 8 aromatic heterocycles. The minimum absolute atomic E-state index is 0.0891. The first-order valence-corrected chi connectivity index (χ1v) is 31.4. The lowest BCUT2D eigenvalue weighted by Gasteiger charge is -2.16. The molecule has 0 radical (unpaired) electrons. The summed E-state index contributed by atoms with van der Waals surface area (Å²) < 4.78 is 172. The Labute approximate surface area is 571 Å². The Bertz CT molecular complexity index is 5180. The molecule has 36 heteroatoms. The Morgan fingerprint density at radius 2 is 0.460 bits per heavy atom. The first-order valence-electron chi connectivity index (χ1n) is 29.3. The van der Waals surface area contributed by atoms with E-state index in [-0.39, 0.29) is 89.7 Å². The molecule has 0 aliphatic carbocycles. The summed E-state index contributed by atoms with van der Waals surface area (Å²) in [4.78, 5) is 115. The Kier molecular flexibility index (Phi) is 20.9. The van der Waals surface area contributed by atoms with E-state index in [4.69, 9.17) is 46.4 Å². The van der Waals surface area contributed by atoms with Crippen molar-refractivity contribution in [2.75, 3.05) is 23.5 Å². The molecule has 0 unspecified atom stereocenters. The standard InChI is InChI=1S/4C16H13ClF3N3O2/c4*1-22-13-10(14(24)23(2)15(22)25)11(16(18,19)20)9-5-3-4-8(6-7-17)12(9)21-13/h4*3-5H,6-7H2,1-2H3. The number of rotatable bonds is 8. The third-order valence-electron chi connectivity index (χ3n) is 16.6. The van der Waals surface area contributed by atoms with Crippen molar-refractivity contribution in [1.82, 2.24) is 56.5 Å². The molecule has 0 fully saturated rings. The number of hydrogen-bond acceptors (Lipinski definition) is 12. The van der Waals surface area contributed by atoms with E-state index in [1.165, 1.54) is 76.7 Å². The van der Waals surface area contributed by atoms with Crippen LogP contribution in [0.15, 0.2) is 111 Å². The zero-order chi connectivity index (χ0) is 74.1. The summed E-state index contributed by atoms with van der Waals surface area (Å²) in [5, 5.41) is -3.20. The fraction of sp³-hybridized carbons (Fsp3) is 0.312. The van der Waals surface area contributed by atoms with Gasteiger partial charge >= 0.3 is 47.5 Å². The number of para-hydroxylation sites is 4. The first-order chi connectivity index (χ1) is 46.7. The van der Waals surface area contributed by atoms with Crippen molar-refractivity contribution in [3.8, 4) is 0 Å². The minimum Gasteiger partial charge on any atom is -0.280 e. The summed E-state index contributed by atoms with van der Waals surface area (Å²) in [6.07, 6.45) is -17.9. The van der Waals surface area contributed by atoms with Gasteiger partial charge in [-0.15, -0.1) is 46.4 Å². The van der Waals surface area contributed by atoms with Crippen molar-refractivity contribution in [3.63, 3.8) is 0 Å². The number of benzene rings is 4. The maximum atomic E-state index is 13.8. The molecule has 0 amide bonds. The fourth-order valence-electron chi connectivity index (χ4n) is 11.8. The number of fused-ring (bicyclic) bond motifs is 8. The molecule has 528 valence electrons. The van der Waals surface area contributed by atoms with Crippen LogP contribution in [0.5, 0.6) is 0 Å². The summed E-state index contributed by atoms with van der Waals surface area (Å²) in [7, 11) is 9.69. The third kappa shape index (κ3) is 13.2. The molecule has 0 saturated heterocycles. The van der Waals surface area contributed by atoms with E-state index in [9.17, 15) is 91.0 Å². The van der Waals surface area contributed by atoms with Crippen LogP contribution in [0, 0.1) is 0 Å². The van der Waals surface area contributed by atoms with E-state index in [0.717, 1.165) is 46.5 Å². The number of aryl methyl sites for hydroxylation is 8. The Hall–Kier alpha value is -9.40. The fourth-order valence-corrected chi connectivity index (χ4v) is 12.6. The van der Waals surface area contributed by atoms with Crippen LogP contribution in [0.2, 0.25) is 0 Å². The van der Waals surface area contributed by atoms with E-state index in [1.807, 2.05) is 0 Å². The third-order valence-corrected chi connectivity index (χ3v) is 17.3. The van der Waals surface area contributed by atoms with Crippen molar-refractivity contribution in [3.05, 3.63) is 201 Å². The highest BCUT2D eigenvalue weighted by atomic mass is 35.5. The molecule has 0 saturated carbocycles. The average molecular weight is 1490 g/mol. The molecule has 0 bridgehead atoms. The van der Waals surface area contributed by atoms with Gasteiger partial charge in [-0.25, -0.2) is 39.1 Å². The van der Waals surface area contributed by atoms with Gasteiger partial charge in [0.1, 0.15) is 0 Å². The molecular formula is C64H52Cl4F12N12O8. The number of halogens is 16. The molecule has 0 spiro atoms. The van der Waals surface area contributed by atoms with Crippen LogP contribution in [-0.4, -0.2) is 80.0 Å². The molecule has 12 aromatic rings. The van der Waals surface area contributed by atoms with Crippen molar-refractivity contribution in [2.45, 2.75) is 50.4 Å². The van der Waals surface area contributed by atoms with Gasteiger partial charge in [0, 0.05) is 101 Å². The van der Waals surface area contributed by atoms with Crippen LogP contribution in [0.25, 0.3) is 87.7 Å². The maximum absolute atomic E-state index is 13.8. The predicted octanol–water partition coefficient (Wildman–Crippen LogP) is 10.3. The van der Waals surface area contributed by atoms with E-state index in [2.05, 4.69) is 19.9 Å². The summed E-state index contributed by atoms with van der Waals surface area (Å²) in [5.41, 5.74) is -10.2. The van der Waals surface area contributed by atoms with Gasteiger partial charge in [-0.2, -0.15) is 52.7 Å². The largest absolute Gasteiger partial charge is 0.417 e. The van der Waals surface area contributed by atoms with E-state index in [0.29, 0.717) is 66.2 Å². The van der Waals surface area contributed by atoms with Crippen LogP contribution in [0.3, 0.4) is 0 Å². The minimum atomic E-state index is -4.79. The molecule has 0 atom stereocenters. The molecule has 0 aliphatic heterocycles. The van der Waals surface area contributed by atoms with Gasteiger partial charge in [0.05, 0.1) is 65.9 Å². The van der Waals surface area contributed by atoms with Gasteiger partial charge in [-0.05, 0) is 47.9 Å². The zero-order valence-electron chi connectivity index (χ0n) is 53.3. The van der Waals surface area contributed by atoms with Gasteiger partial charge in [0.2, 0.25) is 0 Å². The van der Waals surface area contributed by atoms with Crippen LogP contribution in [0.1, 0.15) is 44.5 Å². The van der Waals surface area contributed by atoms with Gasteiger partial charge in [-0.3, -0.25) is 55.7 Å². The van der Waals surface area contributed by atoms with Crippen LogP contribution >= 0.6 is 46.4 Å². The smallest absolute Gasteiger partial charge is 0.280 e. The number of pyridine rings is 4. The molecule has 12 rings (SSSR count). The monoisotopic (exact) mass is 1480 g/mol. The van der Waals surface area contributed by atoms with Gasteiger partial charge < -0.3 is 0 Å². The number of alkyl halides is 16. The number of nitrogens with zero attached hydrogens (tertiary/aromatic N) is 12. The summed E-state index contributed by atoms with van der Waals surface area (Å²) in [6, 6.07) is 17.5. The van der Waals surface area contributed by atoms with Crippen molar-refractivity contribution in [2.24, 2.45) is 56.4 Å².